The Hall–Kier alpha value is -2.78. The Morgan fingerprint density at radius 2 is 1.82 bits per heavy atom. The van der Waals surface area contributed by atoms with Crippen LogP contribution in [0.25, 0.3) is 4.85 Å². The fourth-order valence-electron chi connectivity index (χ4n) is 3.99. The van der Waals surface area contributed by atoms with Gasteiger partial charge in [-0.2, -0.15) is 15.5 Å². The molecule has 0 aliphatic heterocycles. The summed E-state index contributed by atoms with van der Waals surface area (Å²) in [6.07, 6.45) is 0. The summed E-state index contributed by atoms with van der Waals surface area (Å²) in [6, 6.07) is 8.24. The first-order valence-corrected chi connectivity index (χ1v) is 12.8. The van der Waals surface area contributed by atoms with Gasteiger partial charge in [-0.05, 0) is 70.9 Å². The third kappa shape index (κ3) is 6.64. The number of quaternary nitrogens is 1. The van der Waals surface area contributed by atoms with Crippen LogP contribution >= 0.6 is 11.3 Å². The monoisotopic (exact) mass is 481 g/mol. The Kier molecular flexibility index (Phi) is 10.7. The van der Waals surface area contributed by atoms with Gasteiger partial charge in [-0.3, -0.25) is 0 Å². The van der Waals surface area contributed by atoms with Crippen LogP contribution in [0.1, 0.15) is 43.7 Å². The molecule has 1 aromatic carbocycles. The van der Waals surface area contributed by atoms with E-state index in [9.17, 15) is 5.26 Å². The topological polar surface area (TPSA) is 65.3 Å². The van der Waals surface area contributed by atoms with Crippen molar-refractivity contribution in [3.8, 4) is 6.07 Å². The van der Waals surface area contributed by atoms with Crippen molar-refractivity contribution >= 4 is 33.4 Å². The van der Waals surface area contributed by atoms with Crippen molar-refractivity contribution in [1.29, 1.82) is 5.26 Å². The number of hydrogen-bond donors (Lipinski definition) is 0. The van der Waals surface area contributed by atoms with Crippen molar-refractivity contribution < 1.29 is 9.22 Å². The number of nitriles is 1. The van der Waals surface area contributed by atoms with Crippen molar-refractivity contribution in [2.75, 3.05) is 57.4 Å². The molecule has 0 aliphatic rings. The fourth-order valence-corrected chi connectivity index (χ4v) is 4.86. The largest absolute Gasteiger partial charge is 0.374 e. The summed E-state index contributed by atoms with van der Waals surface area (Å²) in [6.45, 7) is 27.8. The number of thiophene rings is 1. The minimum Gasteiger partial charge on any atom is -0.374 e. The van der Waals surface area contributed by atoms with Gasteiger partial charge in [-0.1, -0.05) is 0 Å². The molecule has 182 valence electrons. The molecule has 2 aromatic rings. The molecule has 0 spiro atoms. The molecule has 0 aliphatic carbocycles. The first-order chi connectivity index (χ1) is 16.4. The second kappa shape index (κ2) is 13.2. The summed E-state index contributed by atoms with van der Waals surface area (Å²) in [5, 5.41) is 18.4. The van der Waals surface area contributed by atoms with Crippen LogP contribution in [0.15, 0.2) is 28.4 Å². The smallest absolute Gasteiger partial charge is 0.229 e. The number of ether oxygens (including phenoxy) is 1. The maximum atomic E-state index is 9.22. The van der Waals surface area contributed by atoms with E-state index in [0.717, 1.165) is 67.3 Å². The van der Waals surface area contributed by atoms with Gasteiger partial charge in [0.05, 0.1) is 50.0 Å². The molecule has 2 rings (SSSR count). The van der Waals surface area contributed by atoms with E-state index in [1.54, 1.807) is 6.92 Å². The molecular weight excluding hydrogens is 444 g/mol. The standard InChI is InChI=1S/C26H37N6OS/c1-8-31(14-16-33-17-15-32(9-2,10-3)11-4)22-12-13-23(20(5)18-22)29-30-26-25(28-7)21(6)24(19-27)34-26/h12-13,18H,8-11,14-17H2,1-6H3/q+1. The third-order valence-corrected chi connectivity index (χ3v) is 7.78. The molecule has 1 heterocycles. The summed E-state index contributed by atoms with van der Waals surface area (Å²) in [5.41, 5.74) is 3.97. The molecule has 8 heteroatoms. The maximum Gasteiger partial charge on any atom is 0.229 e. The average Bonchev–Trinajstić information content (AvgIpc) is 3.17. The highest BCUT2D eigenvalue weighted by Gasteiger charge is 2.20. The maximum absolute atomic E-state index is 9.22. The summed E-state index contributed by atoms with van der Waals surface area (Å²) in [4.78, 5) is 6.34. The Morgan fingerprint density at radius 1 is 1.12 bits per heavy atom. The van der Waals surface area contributed by atoms with E-state index in [1.165, 1.54) is 11.3 Å². The SMILES string of the molecule is [C-]#[N+]c1c(N=Nc2ccc(N(CC)CCOCC[N+](CC)(CC)CC)cc2C)sc(C#N)c1C. The molecule has 0 unspecified atom stereocenters. The van der Waals surface area contributed by atoms with Crippen LogP contribution in [0, 0.1) is 31.8 Å². The minimum atomic E-state index is 0.407. The fraction of sp³-hybridized carbons (Fsp3) is 0.538. The van der Waals surface area contributed by atoms with E-state index in [1.807, 2.05) is 19.1 Å². The van der Waals surface area contributed by atoms with Crippen LogP contribution in [0.4, 0.5) is 22.1 Å². The van der Waals surface area contributed by atoms with Crippen molar-refractivity contribution in [3.05, 3.63) is 45.6 Å². The molecular formula is C26H37N6OS+. The van der Waals surface area contributed by atoms with Crippen molar-refractivity contribution in [2.24, 2.45) is 10.2 Å². The lowest BCUT2D eigenvalue weighted by molar-refractivity contribution is -0.923. The van der Waals surface area contributed by atoms with Gasteiger partial charge in [0.2, 0.25) is 5.69 Å². The minimum absolute atomic E-state index is 0.407. The Morgan fingerprint density at radius 3 is 2.38 bits per heavy atom. The highest BCUT2D eigenvalue weighted by molar-refractivity contribution is 7.17. The number of rotatable bonds is 13. The molecule has 1 aromatic heterocycles. The Bertz CT molecular complexity index is 1050. The molecule has 0 fully saturated rings. The van der Waals surface area contributed by atoms with E-state index in [4.69, 9.17) is 11.3 Å². The molecule has 0 amide bonds. The number of aryl methyl sites for hydroxylation is 1. The lowest BCUT2D eigenvalue weighted by Gasteiger charge is -2.35. The molecule has 34 heavy (non-hydrogen) atoms. The van der Waals surface area contributed by atoms with Gasteiger partial charge in [-0.25, -0.2) is 4.85 Å². The van der Waals surface area contributed by atoms with Crippen LogP contribution in [-0.2, 0) is 4.74 Å². The van der Waals surface area contributed by atoms with E-state index in [-0.39, 0.29) is 0 Å². The van der Waals surface area contributed by atoms with Gasteiger partial charge >= 0.3 is 0 Å². The van der Waals surface area contributed by atoms with Crippen LogP contribution in [0.3, 0.4) is 0 Å². The normalized spacial score (nSPS) is 11.5. The molecule has 0 N–H and O–H groups in total. The average molecular weight is 482 g/mol. The zero-order valence-electron chi connectivity index (χ0n) is 21.4. The van der Waals surface area contributed by atoms with Gasteiger partial charge in [0, 0.05) is 18.8 Å². The molecule has 0 saturated heterocycles. The number of hydrogen-bond acceptors (Lipinski definition) is 6. The number of nitrogens with zero attached hydrogens (tertiary/aromatic N) is 6. The predicted octanol–water partition coefficient (Wildman–Crippen LogP) is 6.92. The zero-order valence-corrected chi connectivity index (χ0v) is 22.2. The van der Waals surface area contributed by atoms with Crippen LogP contribution in [0.2, 0.25) is 0 Å². The highest BCUT2D eigenvalue weighted by atomic mass is 32.1. The highest BCUT2D eigenvalue weighted by Crippen LogP contribution is 2.42. The van der Waals surface area contributed by atoms with Crippen LogP contribution in [-0.4, -0.2) is 57.0 Å². The number of azo groups is 1. The molecule has 7 nitrogen and oxygen atoms in total. The number of likely N-dealkylation sites (N-methyl/N-ethyl adjacent to an activating group) is 2. The summed E-state index contributed by atoms with van der Waals surface area (Å²) in [5.74, 6) is 0. The summed E-state index contributed by atoms with van der Waals surface area (Å²) in [7, 11) is 0. The first-order valence-electron chi connectivity index (χ1n) is 12.0. The van der Waals surface area contributed by atoms with E-state index in [2.05, 4.69) is 59.8 Å². The van der Waals surface area contributed by atoms with Gasteiger partial charge in [0.25, 0.3) is 0 Å². The van der Waals surface area contributed by atoms with E-state index in [0.29, 0.717) is 27.7 Å². The van der Waals surface area contributed by atoms with E-state index < -0.39 is 0 Å². The predicted molar refractivity (Wildman–Crippen MR) is 141 cm³/mol. The number of anilines is 1. The lowest BCUT2D eigenvalue weighted by Crippen LogP contribution is -2.49. The summed E-state index contributed by atoms with van der Waals surface area (Å²) >= 11 is 1.21. The Balaban J connectivity index is 2.01. The van der Waals surface area contributed by atoms with E-state index >= 15 is 0 Å². The second-order valence-electron chi connectivity index (χ2n) is 8.31. The molecule has 0 bridgehead atoms. The number of benzene rings is 1. The van der Waals surface area contributed by atoms with Crippen molar-refractivity contribution in [2.45, 2.75) is 41.5 Å². The van der Waals surface area contributed by atoms with Crippen molar-refractivity contribution in [1.82, 2.24) is 0 Å². The lowest BCUT2D eigenvalue weighted by atomic mass is 10.1. The zero-order chi connectivity index (χ0) is 25.1. The van der Waals surface area contributed by atoms with Crippen molar-refractivity contribution in [3.63, 3.8) is 0 Å². The van der Waals surface area contributed by atoms with Gasteiger partial charge < -0.3 is 14.1 Å². The first kappa shape index (κ1) is 27.5. The molecule has 0 saturated carbocycles. The molecule has 0 radical (unpaired) electrons. The van der Waals surface area contributed by atoms with Gasteiger partial charge in [-0.15, -0.1) is 11.3 Å². The van der Waals surface area contributed by atoms with Crippen LogP contribution < -0.4 is 4.90 Å². The van der Waals surface area contributed by atoms with Crippen LogP contribution in [0.5, 0.6) is 0 Å². The summed E-state index contributed by atoms with van der Waals surface area (Å²) < 4.78 is 7.10. The quantitative estimate of drug-likeness (QED) is 0.135. The van der Waals surface area contributed by atoms with Gasteiger partial charge in [0.1, 0.15) is 17.6 Å². The Labute approximate surface area is 208 Å². The molecule has 0 atom stereocenters. The third-order valence-electron chi connectivity index (χ3n) is 6.71. The second-order valence-corrected chi connectivity index (χ2v) is 9.31. The van der Waals surface area contributed by atoms with Gasteiger partial charge in [0.15, 0.2) is 0 Å².